The van der Waals surface area contributed by atoms with Crippen LogP contribution in [0.3, 0.4) is 0 Å². The molecule has 0 radical (unpaired) electrons. The summed E-state index contributed by atoms with van der Waals surface area (Å²) in [5.74, 6) is 1.44. The van der Waals surface area contributed by atoms with Crippen molar-refractivity contribution in [1.82, 2.24) is 0 Å². The van der Waals surface area contributed by atoms with Crippen LogP contribution in [0, 0.1) is 11.6 Å². The molecule has 0 amide bonds. The molecule has 2 nitrogen and oxygen atoms in total. The first-order valence-electron chi connectivity index (χ1n) is 15.4. The molecule has 0 spiro atoms. The minimum atomic E-state index is -0.289. The van der Waals surface area contributed by atoms with Gasteiger partial charge in [0.15, 0.2) is 18.8 Å². The number of nitrogens with zero attached hydrogens (tertiary/aromatic N) is 2. The lowest BCUT2D eigenvalue weighted by Crippen LogP contribution is -2.27. The molecule has 0 saturated carbocycles. The normalized spacial score (nSPS) is 13.3. The van der Waals surface area contributed by atoms with Crippen molar-refractivity contribution in [3.63, 3.8) is 0 Å². The molecule has 4 rings (SSSR count). The summed E-state index contributed by atoms with van der Waals surface area (Å²) in [6, 6.07) is 21.2. The number of halogens is 6. The molecule has 244 valence electrons. The molecule has 1 aliphatic carbocycles. The summed E-state index contributed by atoms with van der Waals surface area (Å²) in [5.41, 5.74) is 7.72. The smallest absolute Gasteiger partial charge is 0.200 e. The van der Waals surface area contributed by atoms with Crippen LogP contribution in [0.15, 0.2) is 133 Å². The largest absolute Gasteiger partial charge is 0.369 e. The Kier molecular flexibility index (Phi) is 15.1. The number of allylic oxidation sites excluding steroid dienone is 11. The van der Waals surface area contributed by atoms with E-state index in [0.29, 0.717) is 49.7 Å². The van der Waals surface area contributed by atoms with Gasteiger partial charge in [-0.3, -0.25) is 0 Å². The van der Waals surface area contributed by atoms with Gasteiger partial charge in [-0.2, -0.15) is 0 Å². The molecule has 0 aliphatic heterocycles. The third kappa shape index (κ3) is 10.8. The van der Waals surface area contributed by atoms with Crippen LogP contribution in [0.25, 0.3) is 11.1 Å². The summed E-state index contributed by atoms with van der Waals surface area (Å²) in [6.45, 7) is 2.80. The van der Waals surface area contributed by atoms with E-state index < -0.39 is 0 Å². The predicted octanol–water partition coefficient (Wildman–Crippen LogP) is 10.3. The van der Waals surface area contributed by atoms with E-state index in [2.05, 4.69) is 58.0 Å². The van der Waals surface area contributed by atoms with Crippen molar-refractivity contribution in [2.75, 3.05) is 54.6 Å². The maximum atomic E-state index is 13.8. The first-order valence-corrected chi connectivity index (χ1v) is 17.5. The first-order chi connectivity index (χ1) is 23.0. The Balaban J connectivity index is 1.65. The summed E-state index contributed by atoms with van der Waals surface area (Å²) in [7, 11) is 0. The maximum Gasteiger partial charge on any atom is 0.200 e. The summed E-state index contributed by atoms with van der Waals surface area (Å²) in [6.07, 6.45) is 18.1. The zero-order valence-corrected chi connectivity index (χ0v) is 29.0. The molecule has 3 aromatic carbocycles. The molecule has 0 N–H and O–H groups in total. The summed E-state index contributed by atoms with van der Waals surface area (Å²) >= 11 is 24.0. The Morgan fingerprint density at radius 3 is 1.62 bits per heavy atom. The second-order valence-corrected chi connectivity index (χ2v) is 12.1. The third-order valence-corrected chi connectivity index (χ3v) is 8.24. The second-order valence-electron chi connectivity index (χ2n) is 10.6. The molecule has 0 atom stereocenters. The van der Waals surface area contributed by atoms with E-state index in [1.54, 1.807) is 24.3 Å². The molecule has 0 unspecified atom stereocenters. The Labute approximate surface area is 296 Å². The van der Waals surface area contributed by atoms with Gasteiger partial charge in [-0.05, 0) is 82.0 Å². The van der Waals surface area contributed by atoms with E-state index in [4.69, 9.17) is 46.4 Å². The number of rotatable bonds is 15. The van der Waals surface area contributed by atoms with Crippen LogP contribution in [-0.2, 0) is 0 Å². The average Bonchev–Trinajstić information content (AvgIpc) is 3.09. The van der Waals surface area contributed by atoms with Crippen molar-refractivity contribution in [1.29, 1.82) is 0 Å². The van der Waals surface area contributed by atoms with Crippen molar-refractivity contribution in [2.24, 2.45) is 0 Å². The number of benzene rings is 3. The average molecular weight is 714 g/mol. The topological polar surface area (TPSA) is 6.25 Å². The Hall–Kier alpha value is -3.41. The lowest BCUT2D eigenvalue weighted by atomic mass is 9.95. The highest BCUT2D eigenvalue weighted by Crippen LogP contribution is 2.27. The standard InChI is InChI=1S/C39H37Cl4F2N2/c40-22-26-46(27-23-41)36-18-10-32(11-19-36)38(30-6-14-34(44)15-7-30)4-2-1-3-5-39(31-8-16-35(45)17-9-31)33-12-20-37(21-13-33)47(28-24-42)29-25-43/h1-21H,22-29H2/q+1. The first kappa shape index (κ1) is 36.4. The zero-order valence-electron chi connectivity index (χ0n) is 25.9. The number of anilines is 1. The molecular weight excluding hydrogens is 676 g/mol. The van der Waals surface area contributed by atoms with Crippen molar-refractivity contribution >= 4 is 68.9 Å². The van der Waals surface area contributed by atoms with Gasteiger partial charge in [0.2, 0.25) is 0 Å². The number of hydrogen-bond donors (Lipinski definition) is 0. The van der Waals surface area contributed by atoms with Gasteiger partial charge in [-0.25, -0.2) is 13.4 Å². The van der Waals surface area contributed by atoms with Gasteiger partial charge in [-0.1, -0.05) is 66.8 Å². The van der Waals surface area contributed by atoms with E-state index in [1.165, 1.54) is 24.3 Å². The summed E-state index contributed by atoms with van der Waals surface area (Å²) < 4.78 is 29.7. The molecule has 0 saturated heterocycles. The number of alkyl halides is 4. The van der Waals surface area contributed by atoms with Gasteiger partial charge < -0.3 is 4.90 Å². The molecule has 8 heteroatoms. The fourth-order valence-corrected chi connectivity index (χ4v) is 6.01. The molecule has 0 aromatic heterocycles. The minimum Gasteiger partial charge on any atom is -0.369 e. The van der Waals surface area contributed by atoms with Crippen molar-refractivity contribution in [3.05, 3.63) is 161 Å². The van der Waals surface area contributed by atoms with E-state index in [9.17, 15) is 8.78 Å². The monoisotopic (exact) mass is 711 g/mol. The Bertz CT molecular complexity index is 1640. The van der Waals surface area contributed by atoms with E-state index in [1.807, 2.05) is 30.4 Å². The van der Waals surface area contributed by atoms with Gasteiger partial charge in [-0.15, -0.1) is 46.4 Å². The van der Waals surface area contributed by atoms with Gasteiger partial charge in [0.1, 0.15) is 11.6 Å². The molecule has 1 aliphatic rings. The number of hydrogen-bond acceptors (Lipinski definition) is 1. The molecular formula is C39H37Cl4F2N2+. The highest BCUT2D eigenvalue weighted by atomic mass is 35.5. The minimum absolute atomic E-state index is 0.289. The summed E-state index contributed by atoms with van der Waals surface area (Å²) in [5, 5.41) is 0. The van der Waals surface area contributed by atoms with Crippen LogP contribution >= 0.6 is 46.4 Å². The van der Waals surface area contributed by atoms with Crippen molar-refractivity contribution in [3.8, 4) is 0 Å². The predicted molar refractivity (Wildman–Crippen MR) is 200 cm³/mol. The lowest BCUT2D eigenvalue weighted by Gasteiger charge is -2.23. The van der Waals surface area contributed by atoms with Gasteiger partial charge in [0, 0.05) is 42.7 Å². The van der Waals surface area contributed by atoms with Gasteiger partial charge in [0.25, 0.3) is 0 Å². The van der Waals surface area contributed by atoms with Crippen LogP contribution in [-0.4, -0.2) is 60.0 Å². The van der Waals surface area contributed by atoms with E-state index >= 15 is 0 Å². The van der Waals surface area contributed by atoms with Crippen molar-refractivity contribution in [2.45, 2.75) is 0 Å². The van der Waals surface area contributed by atoms with Gasteiger partial charge >= 0.3 is 0 Å². The fraction of sp³-hybridized carbons (Fsp3) is 0.205. The van der Waals surface area contributed by atoms with Crippen molar-refractivity contribution < 1.29 is 13.4 Å². The Morgan fingerprint density at radius 2 is 1.11 bits per heavy atom. The van der Waals surface area contributed by atoms with Crippen LogP contribution in [0.4, 0.5) is 14.5 Å². The lowest BCUT2D eigenvalue weighted by molar-refractivity contribution is -0.517. The maximum absolute atomic E-state index is 13.8. The zero-order chi connectivity index (χ0) is 33.4. The quantitative estimate of drug-likeness (QED) is 0.0864. The van der Waals surface area contributed by atoms with Crippen LogP contribution < -0.4 is 4.90 Å². The van der Waals surface area contributed by atoms with Gasteiger partial charge in [0.05, 0.1) is 11.8 Å². The molecule has 47 heavy (non-hydrogen) atoms. The van der Waals surface area contributed by atoms with E-state index in [0.717, 1.165) is 44.8 Å². The molecule has 0 heterocycles. The van der Waals surface area contributed by atoms with Crippen LogP contribution in [0.2, 0.25) is 0 Å². The Morgan fingerprint density at radius 1 is 0.596 bits per heavy atom. The SMILES string of the molecule is Fc1ccc(C(=CC=CC=CC(=C2C=CC(=[N+](CCCl)CCCl)C=C2)c2ccc(F)cc2)c2ccc(N(CCCl)CCCl)cc2)cc1. The fourth-order valence-electron chi connectivity index (χ4n) is 5.20. The summed E-state index contributed by atoms with van der Waals surface area (Å²) in [4.78, 5) is 2.15. The van der Waals surface area contributed by atoms with Crippen LogP contribution in [0.5, 0.6) is 0 Å². The highest BCUT2D eigenvalue weighted by molar-refractivity contribution is 6.19. The highest BCUT2D eigenvalue weighted by Gasteiger charge is 2.14. The molecule has 0 bridgehead atoms. The second kappa shape index (κ2) is 19.4. The molecule has 3 aromatic rings. The van der Waals surface area contributed by atoms with Crippen LogP contribution in [0.1, 0.15) is 16.7 Å². The van der Waals surface area contributed by atoms with E-state index in [-0.39, 0.29) is 11.6 Å². The third-order valence-electron chi connectivity index (χ3n) is 7.56. The molecule has 0 fully saturated rings.